The van der Waals surface area contributed by atoms with Gasteiger partial charge in [0.05, 0.1) is 17.6 Å². The summed E-state index contributed by atoms with van der Waals surface area (Å²) in [7, 11) is 0. The topological polar surface area (TPSA) is 46.5 Å². The van der Waals surface area contributed by atoms with E-state index in [1.165, 1.54) is 0 Å². The van der Waals surface area contributed by atoms with E-state index in [1.54, 1.807) is 37.3 Å². The van der Waals surface area contributed by atoms with Gasteiger partial charge in [0, 0.05) is 6.26 Å². The van der Waals surface area contributed by atoms with E-state index >= 15 is 0 Å². The van der Waals surface area contributed by atoms with E-state index in [4.69, 9.17) is 4.18 Å². The first-order valence-corrected chi connectivity index (χ1v) is 5.33. The summed E-state index contributed by atoms with van der Waals surface area (Å²) in [6.07, 6.45) is 1.68. The fraction of sp³-hybridized carbons (Fsp3) is 0.222. The maximum Gasteiger partial charge on any atom is 0.350 e. The van der Waals surface area contributed by atoms with Gasteiger partial charge in [-0.15, -0.1) is 0 Å². The van der Waals surface area contributed by atoms with Crippen LogP contribution in [0.25, 0.3) is 0 Å². The molecule has 0 spiro atoms. The fourth-order valence-electron chi connectivity index (χ4n) is 1.02. The van der Waals surface area contributed by atoms with Crippen LogP contribution in [0.4, 0.5) is 0 Å². The normalized spacial score (nSPS) is 9.64. The highest BCUT2D eigenvalue weighted by Gasteiger charge is 2.09. The minimum Gasteiger partial charge on any atom is -0.447 e. The number of benzene rings is 1. The van der Waals surface area contributed by atoms with Crippen LogP contribution in [0, 0.1) is 0 Å². The number of rotatable bonds is 3. The second-order valence-corrected chi connectivity index (χ2v) is 3.34. The van der Waals surface area contributed by atoms with Crippen LogP contribution >= 0.6 is 12.0 Å². The molecular formula is C9H11BO3S. The van der Waals surface area contributed by atoms with Gasteiger partial charge in [0.1, 0.15) is 0 Å². The van der Waals surface area contributed by atoms with E-state index in [0.29, 0.717) is 5.56 Å². The van der Waals surface area contributed by atoms with Crippen molar-refractivity contribution < 1.29 is 14.0 Å². The Bertz CT molecular complexity index is 310. The number of hydrogen-bond donors (Lipinski definition) is 1. The lowest BCUT2D eigenvalue weighted by Crippen LogP contribution is -2.25. The summed E-state index contributed by atoms with van der Waals surface area (Å²) in [4.78, 5) is 11.2. The predicted octanol–water partition coefficient (Wildman–Crippen LogP) is 0.942. The van der Waals surface area contributed by atoms with Crippen LogP contribution in [0.1, 0.15) is 10.4 Å². The first kappa shape index (κ1) is 11.1. The van der Waals surface area contributed by atoms with E-state index in [2.05, 4.69) is 0 Å². The second-order valence-electron chi connectivity index (χ2n) is 2.84. The molecule has 3 nitrogen and oxygen atoms in total. The van der Waals surface area contributed by atoms with Crippen LogP contribution < -0.4 is 5.46 Å². The lowest BCUT2D eigenvalue weighted by atomic mass is 9.64. The Labute approximate surface area is 87.8 Å². The quantitative estimate of drug-likeness (QED) is 0.595. The third-order valence-electron chi connectivity index (χ3n) is 1.79. The van der Waals surface area contributed by atoms with Crippen LogP contribution in [0.2, 0.25) is 6.82 Å². The monoisotopic (exact) mass is 210 g/mol. The Morgan fingerprint density at radius 3 is 2.43 bits per heavy atom. The lowest BCUT2D eigenvalue weighted by molar-refractivity contribution is 0.0769. The summed E-state index contributed by atoms with van der Waals surface area (Å²) in [6.45, 7) is 1.16. The summed E-state index contributed by atoms with van der Waals surface area (Å²) in [5.41, 5.74) is 1.27. The van der Waals surface area contributed by atoms with Crippen LogP contribution in [0.5, 0.6) is 0 Å². The van der Waals surface area contributed by atoms with Gasteiger partial charge in [-0.1, -0.05) is 19.0 Å². The molecule has 0 aliphatic carbocycles. The van der Waals surface area contributed by atoms with Crippen LogP contribution in [-0.2, 0) is 4.18 Å². The zero-order chi connectivity index (χ0) is 10.6. The fourth-order valence-corrected chi connectivity index (χ4v) is 1.27. The molecule has 0 saturated heterocycles. The highest BCUT2D eigenvalue weighted by atomic mass is 32.2. The Morgan fingerprint density at radius 1 is 1.43 bits per heavy atom. The minimum atomic E-state index is -0.513. The molecule has 5 heteroatoms. The van der Waals surface area contributed by atoms with Gasteiger partial charge < -0.3 is 9.21 Å². The summed E-state index contributed by atoms with van der Waals surface area (Å²) >= 11 is 1.02. The second kappa shape index (κ2) is 5.07. The molecule has 74 valence electrons. The highest BCUT2D eigenvalue weighted by Crippen LogP contribution is 2.05. The molecule has 0 aromatic heterocycles. The third-order valence-corrected chi connectivity index (χ3v) is 2.11. The predicted molar refractivity (Wildman–Crippen MR) is 58.8 cm³/mol. The lowest BCUT2D eigenvalue weighted by Gasteiger charge is -2.02. The standard InChI is InChI=1S/C9H11BO3S/c1-10(12)8-5-3-7(4-6-8)9(11)13-14-2/h3-6,12H,1-2H3. The summed E-state index contributed by atoms with van der Waals surface area (Å²) in [5, 5.41) is 9.24. The molecule has 0 bridgehead atoms. The van der Waals surface area contributed by atoms with E-state index in [9.17, 15) is 9.82 Å². The zero-order valence-electron chi connectivity index (χ0n) is 8.06. The van der Waals surface area contributed by atoms with E-state index in [0.717, 1.165) is 17.5 Å². The Hall–Kier alpha value is -0.935. The van der Waals surface area contributed by atoms with Crippen molar-refractivity contribution in [3.8, 4) is 0 Å². The average molecular weight is 210 g/mol. The van der Waals surface area contributed by atoms with Gasteiger partial charge in [0.2, 0.25) is 0 Å². The molecule has 1 aromatic carbocycles. The van der Waals surface area contributed by atoms with Crippen molar-refractivity contribution >= 4 is 30.4 Å². The summed E-state index contributed by atoms with van der Waals surface area (Å²) in [5.74, 6) is -0.366. The Balaban J connectivity index is 2.78. The number of hydrogen-bond acceptors (Lipinski definition) is 4. The van der Waals surface area contributed by atoms with Crippen LogP contribution in [0.15, 0.2) is 24.3 Å². The van der Waals surface area contributed by atoms with Crippen molar-refractivity contribution in [1.82, 2.24) is 0 Å². The number of carbonyl (C=O) groups excluding carboxylic acids is 1. The number of carbonyl (C=O) groups is 1. The van der Waals surface area contributed by atoms with Gasteiger partial charge in [-0.3, -0.25) is 0 Å². The molecular weight excluding hydrogens is 199 g/mol. The maximum absolute atomic E-state index is 11.2. The molecule has 0 fully saturated rings. The largest absolute Gasteiger partial charge is 0.447 e. The average Bonchev–Trinajstić information content (AvgIpc) is 2.18. The van der Waals surface area contributed by atoms with Crippen molar-refractivity contribution in [3.63, 3.8) is 0 Å². The van der Waals surface area contributed by atoms with E-state index in [1.807, 2.05) is 0 Å². The molecule has 0 amide bonds. The van der Waals surface area contributed by atoms with Crippen molar-refractivity contribution in [2.24, 2.45) is 0 Å². The molecule has 1 aromatic rings. The van der Waals surface area contributed by atoms with Crippen LogP contribution in [-0.4, -0.2) is 24.2 Å². The molecule has 0 radical (unpaired) electrons. The molecule has 0 heterocycles. The van der Waals surface area contributed by atoms with Gasteiger partial charge in [-0.25, -0.2) is 4.79 Å². The van der Waals surface area contributed by atoms with Crippen molar-refractivity contribution in [2.75, 3.05) is 6.26 Å². The van der Waals surface area contributed by atoms with Crippen molar-refractivity contribution in [1.29, 1.82) is 0 Å². The first-order chi connectivity index (χ1) is 6.65. The molecule has 0 unspecified atom stereocenters. The first-order valence-electron chi connectivity index (χ1n) is 4.18. The van der Waals surface area contributed by atoms with Gasteiger partial charge >= 0.3 is 12.9 Å². The van der Waals surface area contributed by atoms with Gasteiger partial charge in [0.25, 0.3) is 0 Å². The van der Waals surface area contributed by atoms with Crippen molar-refractivity contribution in [3.05, 3.63) is 29.8 Å². The molecule has 1 rings (SSSR count). The Kier molecular flexibility index (Phi) is 4.04. The highest BCUT2D eigenvalue weighted by molar-refractivity contribution is 7.94. The van der Waals surface area contributed by atoms with Crippen molar-refractivity contribution in [2.45, 2.75) is 6.82 Å². The van der Waals surface area contributed by atoms with Gasteiger partial charge in [-0.05, 0) is 17.6 Å². The third kappa shape index (κ3) is 2.78. The SMILES string of the molecule is CSOC(=O)c1ccc(B(C)O)cc1. The van der Waals surface area contributed by atoms with E-state index in [-0.39, 0.29) is 5.97 Å². The van der Waals surface area contributed by atoms with E-state index < -0.39 is 6.92 Å². The molecule has 0 aliphatic rings. The zero-order valence-corrected chi connectivity index (χ0v) is 8.88. The molecule has 0 saturated carbocycles. The summed E-state index contributed by atoms with van der Waals surface area (Å²) in [6, 6.07) is 6.70. The van der Waals surface area contributed by atoms with Crippen LogP contribution in [0.3, 0.4) is 0 Å². The van der Waals surface area contributed by atoms with Gasteiger partial charge in [-0.2, -0.15) is 0 Å². The minimum absolute atomic E-state index is 0.366. The molecule has 1 N–H and O–H groups in total. The van der Waals surface area contributed by atoms with Gasteiger partial charge in [0.15, 0.2) is 0 Å². The molecule has 0 atom stereocenters. The molecule has 14 heavy (non-hydrogen) atoms. The Morgan fingerprint density at radius 2 is 2.00 bits per heavy atom. The molecule has 0 aliphatic heterocycles. The smallest absolute Gasteiger partial charge is 0.350 e. The summed E-state index contributed by atoms with van der Waals surface area (Å²) < 4.78 is 4.74. The maximum atomic E-state index is 11.2.